The van der Waals surface area contributed by atoms with Crippen LogP contribution in [-0.2, 0) is 16.1 Å². The molecule has 0 fully saturated rings. The number of aromatic nitrogens is 1. The number of carbonyl (C=O) groups excluding carboxylic acids is 1. The molecular formula is C30H32Cl2N2O6. The zero-order valence-electron chi connectivity index (χ0n) is 22.4. The van der Waals surface area contributed by atoms with Crippen molar-refractivity contribution in [2.75, 3.05) is 34.4 Å². The number of hydrogen-bond donors (Lipinski definition) is 0. The molecule has 212 valence electrons. The minimum atomic E-state index is -0.695. The second-order valence-corrected chi connectivity index (χ2v) is 9.28. The van der Waals surface area contributed by atoms with E-state index in [0.717, 1.165) is 16.6 Å². The summed E-state index contributed by atoms with van der Waals surface area (Å²) in [6.07, 6.45) is -1.27. The van der Waals surface area contributed by atoms with Gasteiger partial charge in [-0.3, -0.25) is 9.69 Å². The van der Waals surface area contributed by atoms with Crippen molar-refractivity contribution in [2.24, 2.45) is 0 Å². The van der Waals surface area contributed by atoms with Crippen LogP contribution in [0, 0.1) is 0 Å². The SMILES string of the molecule is COc1cccc(O[C@@H]2COc3ccc(OCc4ccc5ccccc5n4)cc3[C@@H]2OC(=O)CN(C)C)c1.Cl.Cl. The summed E-state index contributed by atoms with van der Waals surface area (Å²) < 4.78 is 29.6. The van der Waals surface area contributed by atoms with Gasteiger partial charge < -0.3 is 23.7 Å². The van der Waals surface area contributed by atoms with E-state index in [4.69, 9.17) is 23.7 Å². The number of pyridine rings is 1. The van der Waals surface area contributed by atoms with Gasteiger partial charge in [0.2, 0.25) is 0 Å². The number of nitrogens with zero attached hydrogens (tertiary/aromatic N) is 2. The number of para-hydroxylation sites is 1. The number of esters is 1. The molecule has 0 saturated carbocycles. The molecule has 0 aliphatic carbocycles. The highest BCUT2D eigenvalue weighted by Crippen LogP contribution is 2.39. The van der Waals surface area contributed by atoms with Crippen LogP contribution in [0.1, 0.15) is 17.4 Å². The average Bonchev–Trinajstić information content (AvgIpc) is 2.92. The van der Waals surface area contributed by atoms with Crippen LogP contribution >= 0.6 is 24.8 Å². The van der Waals surface area contributed by atoms with Gasteiger partial charge in [0.05, 0.1) is 24.9 Å². The second kappa shape index (κ2) is 14.1. The third kappa shape index (κ3) is 7.47. The molecule has 0 unspecified atom stereocenters. The molecule has 1 aromatic heterocycles. The highest BCUT2D eigenvalue weighted by Gasteiger charge is 2.36. The minimum Gasteiger partial charge on any atom is -0.497 e. The summed E-state index contributed by atoms with van der Waals surface area (Å²) >= 11 is 0. The smallest absolute Gasteiger partial charge is 0.320 e. The predicted octanol–water partition coefficient (Wildman–Crippen LogP) is 5.65. The second-order valence-electron chi connectivity index (χ2n) is 9.28. The standard InChI is InChI=1S/C30H30N2O6.2ClH/c1-32(2)17-29(33)38-30-25-16-23(35-18-21-12-11-20-7-4-5-10-26(20)31-21)13-14-27(25)36-19-28(30)37-24-9-6-8-22(15-24)34-3;;/h4-16,28,30H,17-19H2,1-3H3;2*1H/t28-,30+;;/m1../s1. The molecule has 0 amide bonds. The number of halogens is 2. The summed E-state index contributed by atoms with van der Waals surface area (Å²) in [4.78, 5) is 19.2. The van der Waals surface area contributed by atoms with Crippen LogP contribution in [0.2, 0.25) is 0 Å². The Kier molecular flexibility index (Phi) is 10.8. The predicted molar refractivity (Wildman–Crippen MR) is 157 cm³/mol. The normalized spacial score (nSPS) is 15.6. The zero-order valence-corrected chi connectivity index (χ0v) is 24.1. The molecule has 1 aliphatic rings. The van der Waals surface area contributed by atoms with Gasteiger partial charge in [-0.25, -0.2) is 4.98 Å². The Labute approximate surface area is 246 Å². The maximum Gasteiger partial charge on any atom is 0.320 e. The van der Waals surface area contributed by atoms with Crippen LogP contribution in [0.5, 0.6) is 23.0 Å². The minimum absolute atomic E-state index is 0. The molecular weight excluding hydrogens is 555 g/mol. The Hall–Kier alpha value is -3.72. The first-order chi connectivity index (χ1) is 18.5. The number of ether oxygens (including phenoxy) is 5. The van der Waals surface area contributed by atoms with E-state index in [1.54, 1.807) is 18.1 Å². The number of hydrogen-bond acceptors (Lipinski definition) is 8. The van der Waals surface area contributed by atoms with Crippen molar-refractivity contribution in [1.82, 2.24) is 9.88 Å². The van der Waals surface area contributed by atoms with E-state index in [1.807, 2.05) is 86.9 Å². The first kappa shape index (κ1) is 30.8. The molecule has 2 atom stereocenters. The molecule has 5 rings (SSSR count). The van der Waals surface area contributed by atoms with Crippen molar-refractivity contribution in [2.45, 2.75) is 18.8 Å². The van der Waals surface area contributed by atoms with E-state index in [0.29, 0.717) is 35.2 Å². The molecule has 2 heterocycles. The zero-order chi connectivity index (χ0) is 26.5. The lowest BCUT2D eigenvalue weighted by molar-refractivity contribution is -0.157. The quantitative estimate of drug-likeness (QED) is 0.233. The number of benzene rings is 3. The highest BCUT2D eigenvalue weighted by molar-refractivity contribution is 5.85. The largest absolute Gasteiger partial charge is 0.497 e. The van der Waals surface area contributed by atoms with Crippen molar-refractivity contribution in [3.8, 4) is 23.0 Å². The molecule has 0 N–H and O–H groups in total. The average molecular weight is 588 g/mol. The van der Waals surface area contributed by atoms with Gasteiger partial charge >= 0.3 is 5.97 Å². The Bertz CT molecular complexity index is 1430. The summed E-state index contributed by atoms with van der Waals surface area (Å²) in [6, 6.07) is 24.7. The van der Waals surface area contributed by atoms with E-state index in [-0.39, 0.29) is 43.9 Å². The summed E-state index contributed by atoms with van der Waals surface area (Å²) in [5, 5.41) is 1.08. The first-order valence-corrected chi connectivity index (χ1v) is 12.4. The third-order valence-electron chi connectivity index (χ3n) is 6.10. The van der Waals surface area contributed by atoms with Crippen LogP contribution in [0.15, 0.2) is 78.9 Å². The van der Waals surface area contributed by atoms with Crippen molar-refractivity contribution in [3.63, 3.8) is 0 Å². The van der Waals surface area contributed by atoms with Gasteiger partial charge in [-0.1, -0.05) is 30.3 Å². The van der Waals surface area contributed by atoms with Crippen molar-refractivity contribution >= 4 is 41.7 Å². The monoisotopic (exact) mass is 586 g/mol. The van der Waals surface area contributed by atoms with Gasteiger partial charge in [-0.15, -0.1) is 24.8 Å². The van der Waals surface area contributed by atoms with Gasteiger partial charge in [0.1, 0.15) is 36.2 Å². The van der Waals surface area contributed by atoms with Gasteiger partial charge in [0.25, 0.3) is 0 Å². The van der Waals surface area contributed by atoms with Gasteiger partial charge in [-0.2, -0.15) is 0 Å². The van der Waals surface area contributed by atoms with Gasteiger partial charge in [0, 0.05) is 17.0 Å². The molecule has 3 aromatic carbocycles. The maximum atomic E-state index is 12.7. The van der Waals surface area contributed by atoms with Crippen LogP contribution in [0.3, 0.4) is 0 Å². The van der Waals surface area contributed by atoms with Gasteiger partial charge in [0.15, 0.2) is 12.2 Å². The van der Waals surface area contributed by atoms with Crippen molar-refractivity contribution in [3.05, 3.63) is 90.1 Å². The number of methoxy groups -OCH3 is 1. The van der Waals surface area contributed by atoms with Crippen LogP contribution in [0.4, 0.5) is 0 Å². The lowest BCUT2D eigenvalue weighted by Crippen LogP contribution is -2.39. The summed E-state index contributed by atoms with van der Waals surface area (Å²) in [5.74, 6) is 2.12. The molecule has 1 aliphatic heterocycles. The van der Waals surface area contributed by atoms with Crippen LogP contribution < -0.4 is 18.9 Å². The molecule has 4 aromatic rings. The van der Waals surface area contributed by atoms with Crippen LogP contribution in [0.25, 0.3) is 10.9 Å². The Morgan fingerprint density at radius 2 is 1.75 bits per heavy atom. The molecule has 0 bridgehead atoms. The lowest BCUT2D eigenvalue weighted by atomic mass is 10.00. The fourth-order valence-corrected chi connectivity index (χ4v) is 4.30. The maximum absolute atomic E-state index is 12.7. The fraction of sp³-hybridized carbons (Fsp3) is 0.267. The summed E-state index contributed by atoms with van der Waals surface area (Å²) in [7, 11) is 5.23. The Morgan fingerprint density at radius 3 is 2.55 bits per heavy atom. The number of rotatable bonds is 9. The Balaban J connectivity index is 0.00000220. The summed E-state index contributed by atoms with van der Waals surface area (Å²) in [6.45, 7) is 0.646. The van der Waals surface area contributed by atoms with E-state index >= 15 is 0 Å². The van der Waals surface area contributed by atoms with E-state index in [1.165, 1.54) is 0 Å². The number of likely N-dealkylation sites (N-methyl/N-ethyl adjacent to an activating group) is 1. The van der Waals surface area contributed by atoms with E-state index in [9.17, 15) is 4.79 Å². The van der Waals surface area contributed by atoms with E-state index < -0.39 is 12.2 Å². The molecule has 10 heteroatoms. The summed E-state index contributed by atoms with van der Waals surface area (Å²) in [5.41, 5.74) is 2.41. The topological polar surface area (TPSA) is 79.4 Å². The van der Waals surface area contributed by atoms with Crippen molar-refractivity contribution in [1.29, 1.82) is 0 Å². The molecule has 0 saturated heterocycles. The highest BCUT2D eigenvalue weighted by atomic mass is 35.5. The van der Waals surface area contributed by atoms with Crippen LogP contribution in [-0.4, -0.2) is 56.3 Å². The fourth-order valence-electron chi connectivity index (χ4n) is 4.30. The first-order valence-electron chi connectivity index (χ1n) is 12.4. The van der Waals surface area contributed by atoms with Gasteiger partial charge in [-0.05, 0) is 56.6 Å². The number of carbonyl (C=O) groups is 1. The lowest BCUT2D eigenvalue weighted by Gasteiger charge is -2.33. The molecule has 40 heavy (non-hydrogen) atoms. The molecule has 8 nitrogen and oxygen atoms in total. The third-order valence-corrected chi connectivity index (χ3v) is 6.10. The van der Waals surface area contributed by atoms with Crippen molar-refractivity contribution < 1.29 is 28.5 Å². The molecule has 0 radical (unpaired) electrons. The van der Waals surface area contributed by atoms with E-state index in [2.05, 4.69) is 4.98 Å². The Morgan fingerprint density at radius 1 is 0.950 bits per heavy atom. The molecule has 0 spiro atoms. The number of fused-ring (bicyclic) bond motifs is 2.